The van der Waals surface area contributed by atoms with Crippen molar-refractivity contribution >= 4 is 22.0 Å². The van der Waals surface area contributed by atoms with E-state index in [2.05, 4.69) is 4.74 Å². The van der Waals surface area contributed by atoms with Crippen LogP contribution >= 0.6 is 0 Å². The molecule has 0 spiro atoms. The van der Waals surface area contributed by atoms with Crippen molar-refractivity contribution in [1.29, 1.82) is 0 Å². The average molecular weight is 367 g/mol. The monoisotopic (exact) mass is 367 g/mol. The lowest BCUT2D eigenvalue weighted by Gasteiger charge is -2.08. The van der Waals surface area contributed by atoms with Gasteiger partial charge in [-0.2, -0.15) is 0 Å². The van der Waals surface area contributed by atoms with E-state index in [1.165, 1.54) is 57.6 Å². The minimum absolute atomic E-state index is 0.194. The highest BCUT2D eigenvalue weighted by Gasteiger charge is 2.22. The lowest BCUT2D eigenvalue weighted by Crippen LogP contribution is -2.21. The van der Waals surface area contributed by atoms with E-state index in [-0.39, 0.29) is 23.0 Å². The fourth-order valence-corrected chi connectivity index (χ4v) is 2.65. The topological polar surface area (TPSA) is 103 Å². The number of methoxy groups -OCH3 is 1. The summed E-state index contributed by atoms with van der Waals surface area (Å²) in [6.07, 6.45) is 0. The standard InChI is InChI=1S/C16H17NO7S/c1-17(2)25(20,21)14-9-8-13(24-14)10-23-16(19)12-6-4-11(5-7-12)15(18)22-3/h4-9H,10H2,1-3H3. The van der Waals surface area contributed by atoms with Gasteiger partial charge in [-0.3, -0.25) is 0 Å². The van der Waals surface area contributed by atoms with Crippen LogP contribution in [-0.2, 0) is 26.1 Å². The highest BCUT2D eigenvalue weighted by molar-refractivity contribution is 7.88. The van der Waals surface area contributed by atoms with Gasteiger partial charge in [0.25, 0.3) is 10.0 Å². The molecule has 0 aliphatic heterocycles. The Balaban J connectivity index is 2.01. The van der Waals surface area contributed by atoms with Crippen molar-refractivity contribution in [2.75, 3.05) is 21.2 Å². The molecule has 8 nitrogen and oxygen atoms in total. The molecule has 134 valence electrons. The van der Waals surface area contributed by atoms with Gasteiger partial charge in [-0.05, 0) is 36.4 Å². The molecule has 0 saturated heterocycles. The van der Waals surface area contributed by atoms with Gasteiger partial charge in [-0.1, -0.05) is 0 Å². The molecular weight excluding hydrogens is 350 g/mol. The quantitative estimate of drug-likeness (QED) is 0.716. The number of benzene rings is 1. The highest BCUT2D eigenvalue weighted by atomic mass is 32.2. The Hall–Kier alpha value is -2.65. The zero-order valence-electron chi connectivity index (χ0n) is 13.9. The first kappa shape index (κ1) is 18.7. The van der Waals surface area contributed by atoms with E-state index in [1.807, 2.05) is 0 Å². The van der Waals surface area contributed by atoms with Gasteiger partial charge < -0.3 is 13.9 Å². The molecule has 0 fully saturated rings. The second kappa shape index (κ2) is 7.49. The van der Waals surface area contributed by atoms with Crippen molar-refractivity contribution in [3.8, 4) is 0 Å². The Morgan fingerprint density at radius 2 is 1.56 bits per heavy atom. The Labute approximate surface area is 145 Å². The normalized spacial score (nSPS) is 11.4. The average Bonchev–Trinajstić information content (AvgIpc) is 3.08. The summed E-state index contributed by atoms with van der Waals surface area (Å²) in [6.45, 7) is -0.222. The predicted molar refractivity (Wildman–Crippen MR) is 86.5 cm³/mol. The molecule has 0 aliphatic carbocycles. The molecule has 0 aliphatic rings. The summed E-state index contributed by atoms with van der Waals surface area (Å²) in [5, 5.41) is -0.231. The molecule has 0 radical (unpaired) electrons. The molecule has 0 unspecified atom stereocenters. The van der Waals surface area contributed by atoms with Gasteiger partial charge in [-0.25, -0.2) is 22.3 Å². The number of carbonyl (C=O) groups is 2. The van der Waals surface area contributed by atoms with E-state index in [1.54, 1.807) is 0 Å². The van der Waals surface area contributed by atoms with Gasteiger partial charge in [-0.15, -0.1) is 0 Å². The highest BCUT2D eigenvalue weighted by Crippen LogP contribution is 2.18. The second-order valence-electron chi connectivity index (χ2n) is 5.15. The Bertz CT molecular complexity index is 866. The lowest BCUT2D eigenvalue weighted by atomic mass is 10.1. The number of hydrogen-bond acceptors (Lipinski definition) is 7. The van der Waals surface area contributed by atoms with Crippen molar-refractivity contribution in [3.05, 3.63) is 53.3 Å². The van der Waals surface area contributed by atoms with Crippen LogP contribution in [0.3, 0.4) is 0 Å². The zero-order chi connectivity index (χ0) is 18.6. The number of ether oxygens (including phenoxy) is 2. The second-order valence-corrected chi connectivity index (χ2v) is 7.24. The third-order valence-electron chi connectivity index (χ3n) is 3.26. The summed E-state index contributed by atoms with van der Waals surface area (Å²) in [5.74, 6) is -0.949. The molecule has 2 rings (SSSR count). The molecule has 1 heterocycles. The van der Waals surface area contributed by atoms with Gasteiger partial charge in [0, 0.05) is 14.1 Å². The zero-order valence-corrected chi connectivity index (χ0v) is 14.7. The molecule has 0 N–H and O–H groups in total. The van der Waals surface area contributed by atoms with Crippen LogP contribution in [0.4, 0.5) is 0 Å². The first-order valence-electron chi connectivity index (χ1n) is 7.12. The number of sulfonamides is 1. The summed E-state index contributed by atoms with van der Waals surface area (Å²) in [4.78, 5) is 23.3. The van der Waals surface area contributed by atoms with Crippen LogP contribution in [0.5, 0.6) is 0 Å². The molecule has 1 aromatic heterocycles. The van der Waals surface area contributed by atoms with Crippen LogP contribution in [0.1, 0.15) is 26.5 Å². The summed E-state index contributed by atoms with van der Waals surface area (Å²) in [6, 6.07) is 8.46. The number of nitrogens with zero attached hydrogens (tertiary/aromatic N) is 1. The lowest BCUT2D eigenvalue weighted by molar-refractivity contribution is 0.0439. The molecule has 0 atom stereocenters. The van der Waals surface area contributed by atoms with Crippen molar-refractivity contribution in [2.45, 2.75) is 11.7 Å². The van der Waals surface area contributed by atoms with Crippen LogP contribution < -0.4 is 0 Å². The van der Waals surface area contributed by atoms with Gasteiger partial charge >= 0.3 is 11.9 Å². The van der Waals surface area contributed by atoms with Crippen LogP contribution in [0, 0.1) is 0 Å². The van der Waals surface area contributed by atoms with Crippen LogP contribution in [0.2, 0.25) is 0 Å². The Morgan fingerprint density at radius 1 is 1.00 bits per heavy atom. The molecule has 9 heteroatoms. The summed E-state index contributed by atoms with van der Waals surface area (Å²) in [5.41, 5.74) is 0.545. The third-order valence-corrected chi connectivity index (χ3v) is 4.95. The fourth-order valence-electron chi connectivity index (χ4n) is 1.83. The third kappa shape index (κ3) is 4.25. The summed E-state index contributed by atoms with van der Waals surface area (Å²) >= 11 is 0. The van der Waals surface area contributed by atoms with Crippen molar-refractivity contribution in [2.24, 2.45) is 0 Å². The van der Waals surface area contributed by atoms with E-state index >= 15 is 0 Å². The maximum atomic E-state index is 12.0. The first-order chi connectivity index (χ1) is 11.8. The van der Waals surface area contributed by atoms with E-state index in [4.69, 9.17) is 9.15 Å². The summed E-state index contributed by atoms with van der Waals surface area (Å²) < 4.78 is 39.7. The summed E-state index contributed by atoms with van der Waals surface area (Å²) in [7, 11) is 0.352. The number of hydrogen-bond donors (Lipinski definition) is 0. The minimum atomic E-state index is -3.68. The molecule has 25 heavy (non-hydrogen) atoms. The van der Waals surface area contributed by atoms with E-state index in [0.29, 0.717) is 5.56 Å². The fraction of sp³-hybridized carbons (Fsp3) is 0.250. The maximum Gasteiger partial charge on any atom is 0.338 e. The minimum Gasteiger partial charge on any atom is -0.465 e. The Kier molecular flexibility index (Phi) is 5.60. The van der Waals surface area contributed by atoms with Crippen molar-refractivity contribution in [1.82, 2.24) is 4.31 Å². The molecule has 0 bridgehead atoms. The number of furan rings is 1. The van der Waals surface area contributed by atoms with Crippen LogP contribution in [-0.4, -0.2) is 45.9 Å². The molecule has 2 aromatic rings. The largest absolute Gasteiger partial charge is 0.465 e. The van der Waals surface area contributed by atoms with Gasteiger partial charge in [0.05, 0.1) is 18.2 Å². The Morgan fingerprint density at radius 3 is 2.08 bits per heavy atom. The van der Waals surface area contributed by atoms with Gasteiger partial charge in [0.2, 0.25) is 5.09 Å². The molecule has 0 amide bonds. The van der Waals surface area contributed by atoms with Crippen LogP contribution in [0.25, 0.3) is 0 Å². The van der Waals surface area contributed by atoms with E-state index in [0.717, 1.165) is 4.31 Å². The molecule has 1 aromatic carbocycles. The maximum absolute atomic E-state index is 12.0. The van der Waals surface area contributed by atoms with Crippen molar-refractivity contribution in [3.63, 3.8) is 0 Å². The predicted octanol–water partition coefficient (Wildman–Crippen LogP) is 1.67. The SMILES string of the molecule is COC(=O)c1ccc(C(=O)OCc2ccc(S(=O)(=O)N(C)C)o2)cc1. The van der Waals surface area contributed by atoms with Crippen molar-refractivity contribution < 1.29 is 31.9 Å². The van der Waals surface area contributed by atoms with Gasteiger partial charge in [0.15, 0.2) is 0 Å². The number of esters is 2. The van der Waals surface area contributed by atoms with Gasteiger partial charge in [0.1, 0.15) is 12.4 Å². The molecular formula is C16H17NO7S. The smallest absolute Gasteiger partial charge is 0.338 e. The molecule has 0 saturated carbocycles. The number of rotatable bonds is 6. The van der Waals surface area contributed by atoms with E-state index in [9.17, 15) is 18.0 Å². The first-order valence-corrected chi connectivity index (χ1v) is 8.56. The van der Waals surface area contributed by atoms with E-state index < -0.39 is 22.0 Å². The number of carbonyl (C=O) groups excluding carboxylic acids is 2. The van der Waals surface area contributed by atoms with Crippen LogP contribution in [0.15, 0.2) is 45.9 Å².